The molecule has 0 aliphatic rings. The van der Waals surface area contributed by atoms with Crippen LogP contribution < -0.4 is 15.2 Å². The highest BCUT2D eigenvalue weighted by atomic mass is 16.5. The van der Waals surface area contributed by atoms with Crippen LogP contribution >= 0.6 is 0 Å². The lowest BCUT2D eigenvalue weighted by Gasteiger charge is -2.06. The molecule has 0 bridgehead atoms. The molecule has 6 nitrogen and oxygen atoms in total. The Morgan fingerprint density at radius 3 is 2.80 bits per heavy atom. The third-order valence-corrected chi connectivity index (χ3v) is 2.86. The monoisotopic (exact) mass is 270 g/mol. The number of hydrogen-bond donors (Lipinski definition) is 2. The maximum absolute atomic E-state index is 5.81. The molecule has 2 aromatic heterocycles. The summed E-state index contributed by atoms with van der Waals surface area (Å²) < 4.78 is 10.7. The number of fused-ring (bicyclic) bond motifs is 1. The van der Waals surface area contributed by atoms with E-state index in [9.17, 15) is 0 Å². The Hall–Kier alpha value is -2.76. The number of H-pyrrole nitrogens is 1. The molecule has 6 heteroatoms. The van der Waals surface area contributed by atoms with E-state index in [4.69, 9.17) is 15.2 Å². The topological polar surface area (TPSA) is 86.0 Å². The van der Waals surface area contributed by atoms with Gasteiger partial charge in [-0.2, -0.15) is 4.98 Å². The lowest BCUT2D eigenvalue weighted by Crippen LogP contribution is -1.99. The van der Waals surface area contributed by atoms with Crippen LogP contribution in [0, 0.1) is 0 Å². The van der Waals surface area contributed by atoms with Gasteiger partial charge in [-0.15, -0.1) is 0 Å². The van der Waals surface area contributed by atoms with Crippen molar-refractivity contribution in [2.24, 2.45) is 0 Å². The number of pyridine rings is 1. The number of nitrogens with zero attached hydrogens (tertiary/aromatic N) is 2. The highest BCUT2D eigenvalue weighted by Gasteiger charge is 2.07. The minimum atomic E-state index is 0.299. The highest BCUT2D eigenvalue weighted by Crippen LogP contribution is 2.21. The van der Waals surface area contributed by atoms with E-state index < -0.39 is 0 Å². The lowest BCUT2D eigenvalue weighted by atomic mass is 10.3. The molecule has 2 heterocycles. The third kappa shape index (κ3) is 2.35. The first-order valence-corrected chi connectivity index (χ1v) is 6.13. The van der Waals surface area contributed by atoms with Crippen LogP contribution in [-0.4, -0.2) is 22.1 Å². The standard InChI is InChI=1S/C14H14N4O2/c1-19-13-7-6-10-14(18-13)17-12(16-10)8-20-11-5-3-2-4-9(11)15/h2-7H,8,15H2,1H3,(H,16,17,18). The molecule has 0 aliphatic heterocycles. The smallest absolute Gasteiger partial charge is 0.215 e. The van der Waals surface area contributed by atoms with Crippen LogP contribution in [0.4, 0.5) is 5.69 Å². The summed E-state index contributed by atoms with van der Waals surface area (Å²) in [6.45, 7) is 0.299. The van der Waals surface area contributed by atoms with Gasteiger partial charge in [0.05, 0.1) is 18.3 Å². The maximum atomic E-state index is 5.81. The Morgan fingerprint density at radius 1 is 1.15 bits per heavy atom. The van der Waals surface area contributed by atoms with E-state index in [-0.39, 0.29) is 0 Å². The van der Waals surface area contributed by atoms with Gasteiger partial charge in [0, 0.05) is 6.07 Å². The summed E-state index contributed by atoms with van der Waals surface area (Å²) in [6.07, 6.45) is 0. The quantitative estimate of drug-likeness (QED) is 0.709. The second-order valence-corrected chi connectivity index (χ2v) is 4.23. The van der Waals surface area contributed by atoms with Gasteiger partial charge in [-0.05, 0) is 18.2 Å². The number of nitrogens with one attached hydrogen (secondary N) is 1. The van der Waals surface area contributed by atoms with Crippen molar-refractivity contribution in [3.8, 4) is 11.6 Å². The number of aromatic nitrogens is 3. The number of ether oxygens (including phenoxy) is 2. The molecule has 3 rings (SSSR count). The summed E-state index contributed by atoms with van der Waals surface area (Å²) in [5.41, 5.74) is 7.85. The largest absolute Gasteiger partial charge is 0.484 e. The molecule has 3 aromatic rings. The first kappa shape index (κ1) is 12.3. The predicted molar refractivity (Wildman–Crippen MR) is 75.6 cm³/mol. The van der Waals surface area contributed by atoms with E-state index in [0.29, 0.717) is 35.4 Å². The Kier molecular flexibility index (Phi) is 3.12. The normalized spacial score (nSPS) is 10.7. The zero-order chi connectivity index (χ0) is 13.9. The first-order valence-electron chi connectivity index (χ1n) is 6.13. The van der Waals surface area contributed by atoms with Crippen LogP contribution in [0.5, 0.6) is 11.6 Å². The van der Waals surface area contributed by atoms with Gasteiger partial charge in [0.15, 0.2) is 5.65 Å². The molecular weight excluding hydrogens is 256 g/mol. The molecule has 0 saturated heterocycles. The third-order valence-electron chi connectivity index (χ3n) is 2.86. The molecule has 0 amide bonds. The predicted octanol–water partition coefficient (Wildman–Crippen LogP) is 2.13. The van der Waals surface area contributed by atoms with Gasteiger partial charge >= 0.3 is 0 Å². The van der Waals surface area contributed by atoms with Crippen molar-refractivity contribution in [2.75, 3.05) is 12.8 Å². The van der Waals surface area contributed by atoms with Gasteiger partial charge in [-0.25, -0.2) is 4.98 Å². The van der Waals surface area contributed by atoms with Gasteiger partial charge in [0.1, 0.15) is 18.2 Å². The number of benzene rings is 1. The first-order chi connectivity index (χ1) is 9.76. The number of aromatic amines is 1. The Bertz CT molecular complexity index is 739. The van der Waals surface area contributed by atoms with Crippen molar-refractivity contribution in [1.29, 1.82) is 0 Å². The number of rotatable bonds is 4. The summed E-state index contributed by atoms with van der Waals surface area (Å²) in [5, 5.41) is 0. The summed E-state index contributed by atoms with van der Waals surface area (Å²) in [6, 6.07) is 11.0. The minimum absolute atomic E-state index is 0.299. The lowest BCUT2D eigenvalue weighted by molar-refractivity contribution is 0.299. The van der Waals surface area contributed by atoms with Crippen molar-refractivity contribution in [2.45, 2.75) is 6.61 Å². The average molecular weight is 270 g/mol. The van der Waals surface area contributed by atoms with Crippen molar-refractivity contribution in [1.82, 2.24) is 15.0 Å². The van der Waals surface area contributed by atoms with E-state index in [1.165, 1.54) is 0 Å². The highest BCUT2D eigenvalue weighted by molar-refractivity contribution is 5.71. The fourth-order valence-electron chi connectivity index (χ4n) is 1.87. The Morgan fingerprint density at radius 2 is 2.00 bits per heavy atom. The van der Waals surface area contributed by atoms with Crippen LogP contribution in [0.1, 0.15) is 5.82 Å². The number of para-hydroxylation sites is 2. The number of hydrogen-bond acceptors (Lipinski definition) is 5. The average Bonchev–Trinajstić information content (AvgIpc) is 2.88. The molecule has 0 spiro atoms. The van der Waals surface area contributed by atoms with E-state index in [1.54, 1.807) is 19.2 Å². The van der Waals surface area contributed by atoms with Crippen LogP contribution in [0.15, 0.2) is 36.4 Å². The molecular formula is C14H14N4O2. The van der Waals surface area contributed by atoms with Crippen LogP contribution in [-0.2, 0) is 6.61 Å². The molecule has 0 radical (unpaired) electrons. The van der Waals surface area contributed by atoms with Crippen LogP contribution in [0.3, 0.4) is 0 Å². The summed E-state index contributed by atoms with van der Waals surface area (Å²) >= 11 is 0. The molecule has 3 N–H and O–H groups in total. The van der Waals surface area contributed by atoms with Gasteiger partial charge in [-0.3, -0.25) is 0 Å². The van der Waals surface area contributed by atoms with Gasteiger partial charge < -0.3 is 20.2 Å². The van der Waals surface area contributed by atoms with Crippen molar-refractivity contribution in [3.63, 3.8) is 0 Å². The molecule has 20 heavy (non-hydrogen) atoms. The molecule has 102 valence electrons. The van der Waals surface area contributed by atoms with Gasteiger partial charge in [0.25, 0.3) is 0 Å². The molecule has 1 aromatic carbocycles. The van der Waals surface area contributed by atoms with Crippen molar-refractivity contribution in [3.05, 3.63) is 42.2 Å². The maximum Gasteiger partial charge on any atom is 0.215 e. The SMILES string of the molecule is COc1ccc2[nH]c(COc3ccccc3N)nc2n1. The van der Waals surface area contributed by atoms with Crippen molar-refractivity contribution >= 4 is 16.9 Å². The molecule has 0 saturated carbocycles. The van der Waals surface area contributed by atoms with E-state index in [1.807, 2.05) is 24.3 Å². The zero-order valence-corrected chi connectivity index (χ0v) is 11.0. The van der Waals surface area contributed by atoms with Gasteiger partial charge in [-0.1, -0.05) is 12.1 Å². The Balaban J connectivity index is 1.79. The second kappa shape index (κ2) is 5.08. The van der Waals surface area contributed by atoms with Crippen LogP contribution in [0.25, 0.3) is 11.2 Å². The van der Waals surface area contributed by atoms with E-state index in [0.717, 1.165) is 5.52 Å². The van der Waals surface area contributed by atoms with E-state index in [2.05, 4.69) is 15.0 Å². The molecule has 0 aliphatic carbocycles. The van der Waals surface area contributed by atoms with E-state index >= 15 is 0 Å². The van der Waals surface area contributed by atoms with Gasteiger partial charge in [0.2, 0.25) is 5.88 Å². The minimum Gasteiger partial charge on any atom is -0.484 e. The number of methoxy groups -OCH3 is 1. The summed E-state index contributed by atoms with van der Waals surface area (Å²) in [4.78, 5) is 11.7. The van der Waals surface area contributed by atoms with Crippen LogP contribution in [0.2, 0.25) is 0 Å². The molecule has 0 unspecified atom stereocenters. The fraction of sp³-hybridized carbons (Fsp3) is 0.143. The molecule has 0 atom stereocenters. The number of anilines is 1. The summed E-state index contributed by atoms with van der Waals surface area (Å²) in [5.74, 6) is 1.85. The molecule has 0 fully saturated rings. The number of nitrogens with two attached hydrogens (primary N) is 1. The summed E-state index contributed by atoms with van der Waals surface area (Å²) in [7, 11) is 1.57. The second-order valence-electron chi connectivity index (χ2n) is 4.23. The Labute approximate surface area is 115 Å². The number of nitrogen functional groups attached to an aromatic ring is 1. The number of imidazole rings is 1. The van der Waals surface area contributed by atoms with Crippen molar-refractivity contribution < 1.29 is 9.47 Å². The zero-order valence-electron chi connectivity index (χ0n) is 11.0. The fourth-order valence-corrected chi connectivity index (χ4v) is 1.87.